The maximum Gasteiger partial charge on any atom is 0.243 e. The lowest BCUT2D eigenvalue weighted by atomic mass is 9.76. The minimum atomic E-state index is -4.09. The number of hydrogen-bond donors (Lipinski definition) is 1. The van der Waals surface area contributed by atoms with Crippen LogP contribution >= 0.6 is 0 Å². The molecule has 1 aliphatic heterocycles. The van der Waals surface area contributed by atoms with Gasteiger partial charge in [-0.3, -0.25) is 4.79 Å². The highest BCUT2D eigenvalue weighted by atomic mass is 32.2. The van der Waals surface area contributed by atoms with Gasteiger partial charge in [0.05, 0.1) is 17.4 Å². The molecule has 1 N–H and O–H groups in total. The number of rotatable bonds is 6. The molecule has 3 rings (SSSR count). The third kappa shape index (κ3) is 4.00. The van der Waals surface area contributed by atoms with Crippen LogP contribution in [0, 0.1) is 23.0 Å². The van der Waals surface area contributed by atoms with E-state index in [2.05, 4.69) is 5.32 Å². The Labute approximate surface area is 157 Å². The second-order valence-corrected chi connectivity index (χ2v) is 9.25. The first-order valence-corrected chi connectivity index (χ1v) is 10.5. The summed E-state index contributed by atoms with van der Waals surface area (Å²) in [4.78, 5) is 12.3. The van der Waals surface area contributed by atoms with E-state index in [1.807, 2.05) is 0 Å². The van der Waals surface area contributed by atoms with Crippen LogP contribution < -0.4 is 5.32 Å². The van der Waals surface area contributed by atoms with Crippen molar-refractivity contribution in [2.45, 2.75) is 30.6 Å². The maximum absolute atomic E-state index is 13.5. The second kappa shape index (κ2) is 7.81. The number of benzene rings is 1. The summed E-state index contributed by atoms with van der Waals surface area (Å²) in [6.07, 6.45) is 3.40. The third-order valence-corrected chi connectivity index (χ3v) is 7.40. The second-order valence-electron chi connectivity index (χ2n) is 7.31. The molecule has 0 radical (unpaired) electrons. The minimum Gasteiger partial charge on any atom is -0.383 e. The van der Waals surface area contributed by atoms with Crippen LogP contribution in [0.3, 0.4) is 0 Å². The normalized spacial score (nSPS) is 22.4. The summed E-state index contributed by atoms with van der Waals surface area (Å²) in [6, 6.07) is 2.25. The van der Waals surface area contributed by atoms with E-state index in [-0.39, 0.29) is 19.0 Å². The fourth-order valence-electron chi connectivity index (χ4n) is 4.28. The highest BCUT2D eigenvalue weighted by Gasteiger charge is 2.53. The Bertz CT molecular complexity index is 789. The molecule has 1 saturated heterocycles. The number of amides is 1. The van der Waals surface area contributed by atoms with Crippen LogP contribution in [0.1, 0.15) is 25.7 Å². The van der Waals surface area contributed by atoms with Crippen LogP contribution in [-0.2, 0) is 19.6 Å². The van der Waals surface area contributed by atoms with E-state index in [0.717, 1.165) is 37.8 Å². The van der Waals surface area contributed by atoms with Crippen LogP contribution in [0.15, 0.2) is 23.1 Å². The van der Waals surface area contributed by atoms with Crippen molar-refractivity contribution in [1.29, 1.82) is 0 Å². The van der Waals surface area contributed by atoms with Crippen LogP contribution in [0.2, 0.25) is 0 Å². The molecule has 1 unspecified atom stereocenters. The van der Waals surface area contributed by atoms with Gasteiger partial charge in [0, 0.05) is 32.8 Å². The number of hydrogen-bond acceptors (Lipinski definition) is 4. The van der Waals surface area contributed by atoms with E-state index in [0.29, 0.717) is 19.2 Å². The molecule has 2 aliphatic rings. The van der Waals surface area contributed by atoms with E-state index < -0.39 is 37.9 Å². The quantitative estimate of drug-likeness (QED) is 0.738. The van der Waals surface area contributed by atoms with Crippen molar-refractivity contribution >= 4 is 15.9 Å². The molecule has 150 valence electrons. The van der Waals surface area contributed by atoms with Crippen molar-refractivity contribution in [3.05, 3.63) is 29.8 Å². The molecule has 0 bridgehead atoms. The molecule has 0 aromatic heterocycles. The lowest BCUT2D eigenvalue weighted by Gasteiger charge is -2.29. The van der Waals surface area contributed by atoms with Gasteiger partial charge in [0.2, 0.25) is 15.9 Å². The van der Waals surface area contributed by atoms with Crippen molar-refractivity contribution in [3.63, 3.8) is 0 Å². The number of carbonyl (C=O) groups excluding carboxylic acids is 1. The molecular formula is C18H24F2N2O4S. The average molecular weight is 402 g/mol. The summed E-state index contributed by atoms with van der Waals surface area (Å²) in [7, 11) is -2.56. The predicted molar refractivity (Wildman–Crippen MR) is 94.4 cm³/mol. The highest BCUT2D eigenvalue weighted by Crippen LogP contribution is 2.50. The fourth-order valence-corrected chi connectivity index (χ4v) is 5.87. The molecule has 2 fully saturated rings. The van der Waals surface area contributed by atoms with Crippen LogP contribution in [-0.4, -0.2) is 52.0 Å². The number of sulfonamides is 1. The fraction of sp³-hybridized carbons (Fsp3) is 0.611. The molecule has 1 atom stereocenters. The summed E-state index contributed by atoms with van der Waals surface area (Å²) in [5.41, 5.74) is -0.421. The zero-order valence-electron chi connectivity index (χ0n) is 15.2. The summed E-state index contributed by atoms with van der Waals surface area (Å²) in [5.74, 6) is -2.57. The Balaban J connectivity index is 1.86. The average Bonchev–Trinajstić information content (AvgIpc) is 3.22. The summed E-state index contributed by atoms with van der Waals surface area (Å²) in [5, 5.41) is 2.80. The first-order valence-electron chi connectivity index (χ1n) is 9.01. The van der Waals surface area contributed by atoms with Gasteiger partial charge in [-0.2, -0.15) is 4.31 Å². The zero-order valence-corrected chi connectivity index (χ0v) is 16.0. The summed E-state index contributed by atoms with van der Waals surface area (Å²) in [6.45, 7) is 0.926. The van der Waals surface area contributed by atoms with Crippen molar-refractivity contribution in [2.24, 2.45) is 11.3 Å². The van der Waals surface area contributed by atoms with E-state index in [9.17, 15) is 22.0 Å². The van der Waals surface area contributed by atoms with Gasteiger partial charge in [0.1, 0.15) is 11.6 Å². The Hall–Kier alpha value is -1.58. The van der Waals surface area contributed by atoms with E-state index in [4.69, 9.17) is 4.74 Å². The molecule has 9 heteroatoms. The van der Waals surface area contributed by atoms with E-state index >= 15 is 0 Å². The van der Waals surface area contributed by atoms with Gasteiger partial charge >= 0.3 is 0 Å². The number of carbonyl (C=O) groups is 1. The molecule has 1 aromatic rings. The lowest BCUT2D eigenvalue weighted by molar-refractivity contribution is -0.127. The predicted octanol–water partition coefficient (Wildman–Crippen LogP) is 1.91. The Morgan fingerprint density at radius 1 is 1.26 bits per heavy atom. The van der Waals surface area contributed by atoms with Gasteiger partial charge < -0.3 is 10.1 Å². The van der Waals surface area contributed by atoms with Crippen LogP contribution in [0.5, 0.6) is 0 Å². The van der Waals surface area contributed by atoms with Crippen LogP contribution in [0.4, 0.5) is 8.78 Å². The molecule has 1 saturated carbocycles. The van der Waals surface area contributed by atoms with E-state index in [1.165, 1.54) is 11.4 Å². The number of methoxy groups -OCH3 is 1. The monoisotopic (exact) mass is 402 g/mol. The zero-order chi connectivity index (χ0) is 19.7. The molecule has 6 nitrogen and oxygen atoms in total. The van der Waals surface area contributed by atoms with Gasteiger partial charge in [0.15, 0.2) is 0 Å². The maximum atomic E-state index is 13.5. The SMILES string of the molecule is COCCNC(=O)C1CN(S(=O)(=O)c2cc(F)cc(F)c2)CC12CCCC2. The number of nitrogens with one attached hydrogen (secondary N) is 1. The number of ether oxygens (including phenoxy) is 1. The smallest absolute Gasteiger partial charge is 0.243 e. The standard InChI is InChI=1S/C18H24F2N2O4S/c1-26-7-6-21-17(23)16-11-22(12-18(16)4-2-3-5-18)27(24,25)15-9-13(19)8-14(20)10-15/h8-10,16H,2-7,11-12H2,1H3,(H,21,23). The van der Waals surface area contributed by atoms with Gasteiger partial charge in [-0.25, -0.2) is 17.2 Å². The first kappa shape index (κ1) is 20.2. The van der Waals surface area contributed by atoms with Crippen molar-refractivity contribution in [1.82, 2.24) is 9.62 Å². The van der Waals surface area contributed by atoms with Crippen molar-refractivity contribution in [3.8, 4) is 0 Å². The lowest BCUT2D eigenvalue weighted by Crippen LogP contribution is -2.41. The molecule has 1 heterocycles. The van der Waals surface area contributed by atoms with Crippen molar-refractivity contribution in [2.75, 3.05) is 33.4 Å². The van der Waals surface area contributed by atoms with Gasteiger partial charge in [-0.15, -0.1) is 0 Å². The minimum absolute atomic E-state index is 0.0132. The third-order valence-electron chi connectivity index (χ3n) is 5.61. The molecule has 1 aliphatic carbocycles. The molecular weight excluding hydrogens is 378 g/mol. The van der Waals surface area contributed by atoms with Crippen molar-refractivity contribution < 1.29 is 26.7 Å². The molecule has 27 heavy (non-hydrogen) atoms. The Morgan fingerprint density at radius 2 is 1.89 bits per heavy atom. The molecule has 1 amide bonds. The Kier molecular flexibility index (Phi) is 5.83. The van der Waals surface area contributed by atoms with Crippen LogP contribution in [0.25, 0.3) is 0 Å². The number of nitrogens with zero attached hydrogens (tertiary/aromatic N) is 1. The van der Waals surface area contributed by atoms with Gasteiger partial charge in [0.25, 0.3) is 0 Å². The Morgan fingerprint density at radius 3 is 2.48 bits per heavy atom. The topological polar surface area (TPSA) is 75.7 Å². The van der Waals surface area contributed by atoms with Gasteiger partial charge in [-0.1, -0.05) is 12.8 Å². The highest BCUT2D eigenvalue weighted by molar-refractivity contribution is 7.89. The van der Waals surface area contributed by atoms with E-state index in [1.54, 1.807) is 0 Å². The largest absolute Gasteiger partial charge is 0.383 e. The number of halogens is 2. The summed E-state index contributed by atoms with van der Waals surface area (Å²) < 4.78 is 59.1. The molecule has 1 spiro atoms. The summed E-state index contributed by atoms with van der Waals surface area (Å²) >= 11 is 0. The molecule has 1 aromatic carbocycles. The first-order chi connectivity index (χ1) is 12.8. The van der Waals surface area contributed by atoms with Gasteiger partial charge in [-0.05, 0) is 30.4 Å².